The summed E-state index contributed by atoms with van der Waals surface area (Å²) in [5.41, 5.74) is 3.59. The zero-order valence-corrected chi connectivity index (χ0v) is 14.3. The minimum absolute atomic E-state index is 0.225. The van der Waals surface area contributed by atoms with Gasteiger partial charge < -0.3 is 10.1 Å². The van der Waals surface area contributed by atoms with Crippen LogP contribution in [0.3, 0.4) is 0 Å². The van der Waals surface area contributed by atoms with Crippen molar-refractivity contribution in [2.45, 2.75) is 32.5 Å². The largest absolute Gasteiger partial charge is 0.396 e. The average molecular weight is 314 g/mol. The van der Waals surface area contributed by atoms with Crippen molar-refractivity contribution in [1.82, 2.24) is 19.7 Å². The van der Waals surface area contributed by atoms with E-state index in [9.17, 15) is 5.11 Å². The number of H-pyrrole nitrogens is 1. The summed E-state index contributed by atoms with van der Waals surface area (Å²) < 4.78 is 1.91. The molecule has 3 aromatic rings. The van der Waals surface area contributed by atoms with Crippen LogP contribution in [-0.4, -0.2) is 39.5 Å². The second-order valence-electron chi connectivity index (χ2n) is 6.65. The molecule has 3 rings (SSSR count). The van der Waals surface area contributed by atoms with Crippen LogP contribution in [-0.2, 0) is 6.42 Å². The average Bonchev–Trinajstić information content (AvgIpc) is 3.11. The van der Waals surface area contributed by atoms with Gasteiger partial charge in [-0.1, -0.05) is 19.6 Å². The number of aryl methyl sites for hydroxylation is 1. The van der Waals surface area contributed by atoms with Crippen LogP contribution in [0.4, 0.5) is 0 Å². The summed E-state index contributed by atoms with van der Waals surface area (Å²) in [6.07, 6.45) is 5.12. The van der Waals surface area contributed by atoms with Gasteiger partial charge in [-0.3, -0.25) is 4.57 Å². The standard InChI is InChI=1S/C16H22N4OSi/c1-22(2,3)16-13(5-4-8-21)14-9-12(6-7-15(14)19-16)20-10-17-18-11-20/h6-7,9-11,19,21H,4-5,8H2,1-3H3. The fourth-order valence-corrected chi connectivity index (χ4v) is 4.56. The lowest BCUT2D eigenvalue weighted by molar-refractivity contribution is 0.289. The molecule has 0 saturated heterocycles. The third kappa shape index (κ3) is 2.71. The molecule has 0 radical (unpaired) electrons. The molecule has 0 atom stereocenters. The highest BCUT2D eigenvalue weighted by Crippen LogP contribution is 2.24. The van der Waals surface area contributed by atoms with Crippen LogP contribution < -0.4 is 5.32 Å². The monoisotopic (exact) mass is 314 g/mol. The molecule has 0 fully saturated rings. The summed E-state index contributed by atoms with van der Waals surface area (Å²) in [6, 6.07) is 6.38. The number of aliphatic hydroxyl groups is 1. The molecule has 1 aromatic carbocycles. The fraction of sp³-hybridized carbons (Fsp3) is 0.375. The van der Waals surface area contributed by atoms with Gasteiger partial charge in [0.15, 0.2) is 0 Å². The van der Waals surface area contributed by atoms with E-state index < -0.39 is 8.07 Å². The number of fused-ring (bicyclic) bond motifs is 1. The Balaban J connectivity index is 2.17. The summed E-state index contributed by atoms with van der Waals surface area (Å²) in [4.78, 5) is 3.63. The molecule has 6 heteroatoms. The molecule has 2 heterocycles. The van der Waals surface area contributed by atoms with Crippen molar-refractivity contribution < 1.29 is 5.11 Å². The zero-order valence-electron chi connectivity index (χ0n) is 13.3. The van der Waals surface area contributed by atoms with Crippen molar-refractivity contribution in [3.63, 3.8) is 0 Å². The minimum Gasteiger partial charge on any atom is -0.396 e. The van der Waals surface area contributed by atoms with Crippen LogP contribution in [0, 0.1) is 0 Å². The van der Waals surface area contributed by atoms with E-state index in [1.807, 2.05) is 4.57 Å². The van der Waals surface area contributed by atoms with Crippen molar-refractivity contribution in [2.24, 2.45) is 0 Å². The second kappa shape index (κ2) is 5.70. The number of rotatable bonds is 5. The highest BCUT2D eigenvalue weighted by atomic mass is 28.3. The minimum atomic E-state index is -1.46. The molecular formula is C16H22N4OSi. The normalized spacial score (nSPS) is 12.2. The SMILES string of the molecule is C[Si](C)(C)c1[nH]c2ccc(-n3cnnc3)cc2c1CCCO. The fourth-order valence-electron chi connectivity index (χ4n) is 2.89. The third-order valence-electron chi connectivity index (χ3n) is 3.94. The van der Waals surface area contributed by atoms with E-state index in [-0.39, 0.29) is 6.61 Å². The first-order valence-corrected chi connectivity index (χ1v) is 11.1. The summed E-state index contributed by atoms with van der Waals surface area (Å²) in [7, 11) is -1.46. The first-order chi connectivity index (χ1) is 10.5. The van der Waals surface area contributed by atoms with Crippen LogP contribution in [0.2, 0.25) is 19.6 Å². The Bertz CT molecular complexity index is 771. The van der Waals surface area contributed by atoms with Gasteiger partial charge in [-0.25, -0.2) is 0 Å². The lowest BCUT2D eigenvalue weighted by Gasteiger charge is -2.17. The Kier molecular flexibility index (Phi) is 3.88. The Hall–Kier alpha value is -1.92. The second-order valence-corrected chi connectivity index (χ2v) is 11.7. The molecule has 2 N–H and O–H groups in total. The smallest absolute Gasteiger partial charge is 0.123 e. The van der Waals surface area contributed by atoms with Gasteiger partial charge in [-0.15, -0.1) is 10.2 Å². The number of aromatic amines is 1. The van der Waals surface area contributed by atoms with E-state index in [0.29, 0.717) is 0 Å². The number of aliphatic hydroxyl groups excluding tert-OH is 1. The van der Waals surface area contributed by atoms with Gasteiger partial charge >= 0.3 is 0 Å². The summed E-state index contributed by atoms with van der Waals surface area (Å²) in [5, 5.41) is 19.6. The van der Waals surface area contributed by atoms with E-state index in [0.717, 1.165) is 18.5 Å². The predicted molar refractivity (Wildman–Crippen MR) is 91.6 cm³/mol. The van der Waals surface area contributed by atoms with E-state index in [1.165, 1.54) is 21.8 Å². The molecule has 116 valence electrons. The summed E-state index contributed by atoms with van der Waals surface area (Å²) in [5.74, 6) is 0. The maximum Gasteiger partial charge on any atom is 0.123 e. The number of nitrogens with one attached hydrogen (secondary N) is 1. The van der Waals surface area contributed by atoms with Gasteiger partial charge in [0.2, 0.25) is 0 Å². The molecule has 5 nitrogen and oxygen atoms in total. The Morgan fingerprint density at radius 2 is 1.91 bits per heavy atom. The van der Waals surface area contributed by atoms with E-state index in [1.54, 1.807) is 12.7 Å². The summed E-state index contributed by atoms with van der Waals surface area (Å²) >= 11 is 0. The van der Waals surface area contributed by atoms with Crippen LogP contribution >= 0.6 is 0 Å². The molecule has 0 aliphatic heterocycles. The van der Waals surface area contributed by atoms with Crippen LogP contribution in [0.15, 0.2) is 30.9 Å². The summed E-state index contributed by atoms with van der Waals surface area (Å²) in [6.45, 7) is 7.27. The van der Waals surface area contributed by atoms with Crippen molar-refractivity contribution in [2.75, 3.05) is 6.61 Å². The maximum atomic E-state index is 9.22. The van der Waals surface area contributed by atoms with Crippen molar-refractivity contribution >= 4 is 24.3 Å². The quantitative estimate of drug-likeness (QED) is 0.710. The molecule has 0 bridgehead atoms. The molecule has 0 spiro atoms. The predicted octanol–water partition coefficient (Wildman–Crippen LogP) is 2.22. The molecule has 22 heavy (non-hydrogen) atoms. The molecule has 0 saturated carbocycles. The number of nitrogens with zero attached hydrogens (tertiary/aromatic N) is 3. The van der Waals surface area contributed by atoms with Crippen molar-refractivity contribution in [3.05, 3.63) is 36.4 Å². The van der Waals surface area contributed by atoms with Gasteiger partial charge in [0.05, 0.1) is 8.07 Å². The first kappa shape index (κ1) is 15.0. The van der Waals surface area contributed by atoms with E-state index in [2.05, 4.69) is 53.0 Å². The molecule has 2 aromatic heterocycles. The highest BCUT2D eigenvalue weighted by Gasteiger charge is 2.24. The Labute approximate surface area is 131 Å². The number of hydrogen-bond donors (Lipinski definition) is 2. The number of benzene rings is 1. The first-order valence-electron chi connectivity index (χ1n) is 7.61. The van der Waals surface area contributed by atoms with E-state index >= 15 is 0 Å². The topological polar surface area (TPSA) is 66.7 Å². The van der Waals surface area contributed by atoms with Gasteiger partial charge in [-0.05, 0) is 36.6 Å². The van der Waals surface area contributed by atoms with Gasteiger partial charge in [0.25, 0.3) is 0 Å². The molecule has 0 amide bonds. The molecule has 0 unspecified atom stereocenters. The zero-order chi connectivity index (χ0) is 15.7. The third-order valence-corrected chi connectivity index (χ3v) is 5.87. The van der Waals surface area contributed by atoms with Crippen molar-refractivity contribution in [3.8, 4) is 5.69 Å². The van der Waals surface area contributed by atoms with Crippen molar-refractivity contribution in [1.29, 1.82) is 0 Å². The molecule has 0 aliphatic carbocycles. The van der Waals surface area contributed by atoms with Gasteiger partial charge in [-0.2, -0.15) is 0 Å². The Morgan fingerprint density at radius 1 is 1.18 bits per heavy atom. The van der Waals surface area contributed by atoms with Crippen LogP contribution in [0.25, 0.3) is 16.6 Å². The lowest BCUT2D eigenvalue weighted by atomic mass is 10.1. The van der Waals surface area contributed by atoms with Crippen LogP contribution in [0.1, 0.15) is 12.0 Å². The molecule has 0 aliphatic rings. The number of hydrogen-bond acceptors (Lipinski definition) is 3. The highest BCUT2D eigenvalue weighted by molar-refractivity contribution is 6.88. The maximum absolute atomic E-state index is 9.22. The Morgan fingerprint density at radius 3 is 2.55 bits per heavy atom. The lowest BCUT2D eigenvalue weighted by Crippen LogP contribution is -2.40. The van der Waals surface area contributed by atoms with E-state index in [4.69, 9.17) is 0 Å². The molecular weight excluding hydrogens is 292 g/mol. The van der Waals surface area contributed by atoms with Gasteiger partial charge in [0, 0.05) is 28.5 Å². The van der Waals surface area contributed by atoms with Gasteiger partial charge in [0.1, 0.15) is 12.7 Å². The number of aromatic nitrogens is 4. The van der Waals surface area contributed by atoms with Crippen LogP contribution in [0.5, 0.6) is 0 Å².